The van der Waals surface area contributed by atoms with Crippen LogP contribution in [0.25, 0.3) is 0 Å². The van der Waals surface area contributed by atoms with E-state index >= 15 is 0 Å². The van der Waals surface area contributed by atoms with Crippen molar-refractivity contribution in [3.63, 3.8) is 0 Å². The van der Waals surface area contributed by atoms with Gasteiger partial charge in [0.1, 0.15) is 0 Å². The normalized spacial score (nSPS) is 10.8. The quantitative estimate of drug-likeness (QED) is 0.800. The summed E-state index contributed by atoms with van der Waals surface area (Å²) in [5.74, 6) is 0. The molecule has 0 atom stereocenters. The Labute approximate surface area is 83.8 Å². The van der Waals surface area contributed by atoms with Gasteiger partial charge in [-0.05, 0) is 27.9 Å². The van der Waals surface area contributed by atoms with E-state index in [0.717, 1.165) is 23.9 Å². The molecule has 0 aromatic carbocycles. The fourth-order valence-electron chi connectivity index (χ4n) is 0.935. The number of aryl methyl sites for hydroxylation is 2. The zero-order valence-electron chi connectivity index (χ0n) is 8.72. The van der Waals surface area contributed by atoms with Gasteiger partial charge in [-0.25, -0.2) is 4.98 Å². The molecule has 1 aromatic heterocycles. The lowest BCUT2D eigenvalue weighted by Gasteiger charge is -2.08. The molecule has 0 saturated heterocycles. The van der Waals surface area contributed by atoms with Crippen molar-refractivity contribution < 1.29 is 0 Å². The molecule has 0 aliphatic heterocycles. The van der Waals surface area contributed by atoms with Crippen LogP contribution in [0, 0.1) is 13.8 Å². The fraction of sp³-hybridized carbons (Fsp3) is 0.667. The first kappa shape index (κ1) is 10.5. The Kier molecular flexibility index (Phi) is 3.69. The van der Waals surface area contributed by atoms with E-state index in [1.165, 1.54) is 4.88 Å². The van der Waals surface area contributed by atoms with Gasteiger partial charge < -0.3 is 10.2 Å². The highest BCUT2D eigenvalue weighted by Crippen LogP contribution is 2.20. The van der Waals surface area contributed by atoms with Crippen LogP contribution in [0.2, 0.25) is 0 Å². The SMILES string of the molecule is Cc1nc(NCCN(C)C)sc1C. The Balaban J connectivity index is 2.37. The maximum Gasteiger partial charge on any atom is 0.183 e. The van der Waals surface area contributed by atoms with Crippen LogP contribution in [0.1, 0.15) is 10.6 Å². The molecule has 1 rings (SSSR count). The number of hydrogen-bond donors (Lipinski definition) is 1. The van der Waals surface area contributed by atoms with Crippen molar-refractivity contribution >= 4 is 16.5 Å². The van der Waals surface area contributed by atoms with Crippen molar-refractivity contribution in [2.75, 3.05) is 32.5 Å². The average Bonchev–Trinajstić information content (AvgIpc) is 2.30. The monoisotopic (exact) mass is 199 g/mol. The second kappa shape index (κ2) is 4.58. The smallest absolute Gasteiger partial charge is 0.183 e. The van der Waals surface area contributed by atoms with Crippen LogP contribution < -0.4 is 5.32 Å². The molecule has 1 aromatic rings. The van der Waals surface area contributed by atoms with Gasteiger partial charge in [-0.1, -0.05) is 0 Å². The summed E-state index contributed by atoms with van der Waals surface area (Å²) >= 11 is 1.73. The zero-order valence-corrected chi connectivity index (χ0v) is 9.53. The third-order valence-electron chi connectivity index (χ3n) is 1.86. The van der Waals surface area contributed by atoms with E-state index in [1.807, 2.05) is 6.92 Å². The summed E-state index contributed by atoms with van der Waals surface area (Å²) in [5, 5.41) is 4.34. The predicted octanol–water partition coefficient (Wildman–Crippen LogP) is 1.73. The molecule has 0 aliphatic rings. The highest BCUT2D eigenvalue weighted by molar-refractivity contribution is 7.15. The van der Waals surface area contributed by atoms with E-state index in [-0.39, 0.29) is 0 Å². The van der Waals surface area contributed by atoms with Gasteiger partial charge in [-0.2, -0.15) is 0 Å². The Bertz CT molecular complexity index is 248. The largest absolute Gasteiger partial charge is 0.360 e. The Morgan fingerprint density at radius 3 is 2.54 bits per heavy atom. The molecule has 4 heteroatoms. The standard InChI is InChI=1S/C9H17N3S/c1-7-8(2)13-9(11-7)10-5-6-12(3)4/h5-6H2,1-4H3,(H,10,11). The van der Waals surface area contributed by atoms with E-state index in [2.05, 4.69) is 36.2 Å². The van der Waals surface area contributed by atoms with Gasteiger partial charge in [-0.15, -0.1) is 11.3 Å². The van der Waals surface area contributed by atoms with Gasteiger partial charge in [0.2, 0.25) is 0 Å². The van der Waals surface area contributed by atoms with Crippen molar-refractivity contribution in [2.45, 2.75) is 13.8 Å². The van der Waals surface area contributed by atoms with Gasteiger partial charge in [0.25, 0.3) is 0 Å². The van der Waals surface area contributed by atoms with Gasteiger partial charge in [0, 0.05) is 18.0 Å². The lowest BCUT2D eigenvalue weighted by molar-refractivity contribution is 0.425. The molecule has 0 saturated carbocycles. The Hall–Kier alpha value is -0.610. The fourth-order valence-corrected chi connectivity index (χ4v) is 1.77. The minimum absolute atomic E-state index is 0.958. The lowest BCUT2D eigenvalue weighted by atomic mass is 10.4. The first-order valence-corrected chi connectivity index (χ1v) is 5.24. The molecule has 0 unspecified atom stereocenters. The molecule has 1 N–H and O–H groups in total. The summed E-state index contributed by atoms with van der Waals surface area (Å²) < 4.78 is 0. The number of aromatic nitrogens is 1. The van der Waals surface area contributed by atoms with Crippen LogP contribution in [-0.2, 0) is 0 Å². The van der Waals surface area contributed by atoms with E-state index < -0.39 is 0 Å². The number of likely N-dealkylation sites (N-methyl/N-ethyl adjacent to an activating group) is 1. The second-order valence-corrected chi connectivity index (χ2v) is 4.59. The molecule has 0 spiro atoms. The predicted molar refractivity (Wildman–Crippen MR) is 58.6 cm³/mol. The molecule has 3 nitrogen and oxygen atoms in total. The first-order valence-electron chi connectivity index (χ1n) is 4.42. The van der Waals surface area contributed by atoms with Crippen LogP contribution in [0.5, 0.6) is 0 Å². The second-order valence-electron chi connectivity index (χ2n) is 3.39. The molecule has 0 bridgehead atoms. The molecule has 0 fully saturated rings. The van der Waals surface area contributed by atoms with Crippen LogP contribution in [0.15, 0.2) is 0 Å². The third-order valence-corrected chi connectivity index (χ3v) is 2.89. The topological polar surface area (TPSA) is 28.2 Å². The van der Waals surface area contributed by atoms with Gasteiger partial charge in [0.15, 0.2) is 5.13 Å². The van der Waals surface area contributed by atoms with Crippen molar-refractivity contribution in [3.8, 4) is 0 Å². The summed E-state index contributed by atoms with van der Waals surface area (Å²) in [4.78, 5) is 7.85. The maximum atomic E-state index is 4.40. The third kappa shape index (κ3) is 3.32. The molecule has 74 valence electrons. The molecule has 13 heavy (non-hydrogen) atoms. The Morgan fingerprint density at radius 1 is 1.38 bits per heavy atom. The summed E-state index contributed by atoms with van der Waals surface area (Å²) in [6.07, 6.45) is 0. The molecule has 0 amide bonds. The number of anilines is 1. The van der Waals surface area contributed by atoms with E-state index in [9.17, 15) is 0 Å². The number of nitrogens with one attached hydrogen (secondary N) is 1. The number of nitrogens with zero attached hydrogens (tertiary/aromatic N) is 2. The lowest BCUT2D eigenvalue weighted by Crippen LogP contribution is -2.20. The van der Waals surface area contributed by atoms with Crippen LogP contribution in [0.3, 0.4) is 0 Å². The summed E-state index contributed by atoms with van der Waals surface area (Å²) in [6, 6.07) is 0. The van der Waals surface area contributed by atoms with Crippen molar-refractivity contribution in [3.05, 3.63) is 10.6 Å². The van der Waals surface area contributed by atoms with Crippen LogP contribution in [0.4, 0.5) is 5.13 Å². The van der Waals surface area contributed by atoms with Crippen LogP contribution >= 0.6 is 11.3 Å². The van der Waals surface area contributed by atoms with Gasteiger partial charge in [-0.3, -0.25) is 0 Å². The summed E-state index contributed by atoms with van der Waals surface area (Å²) in [5.41, 5.74) is 1.14. The first-order chi connectivity index (χ1) is 6.09. The van der Waals surface area contributed by atoms with E-state index in [1.54, 1.807) is 11.3 Å². The Morgan fingerprint density at radius 2 is 2.08 bits per heavy atom. The zero-order chi connectivity index (χ0) is 9.84. The minimum atomic E-state index is 0.958. The highest BCUT2D eigenvalue weighted by Gasteiger charge is 2.01. The average molecular weight is 199 g/mol. The molecule has 1 heterocycles. The van der Waals surface area contributed by atoms with E-state index in [0.29, 0.717) is 0 Å². The maximum absolute atomic E-state index is 4.40. The minimum Gasteiger partial charge on any atom is -0.360 e. The summed E-state index contributed by atoms with van der Waals surface area (Å²) in [7, 11) is 4.14. The van der Waals surface area contributed by atoms with Crippen LogP contribution in [-0.4, -0.2) is 37.1 Å². The van der Waals surface area contributed by atoms with E-state index in [4.69, 9.17) is 0 Å². The molecule has 0 aliphatic carbocycles. The molecular weight excluding hydrogens is 182 g/mol. The van der Waals surface area contributed by atoms with Crippen molar-refractivity contribution in [1.29, 1.82) is 0 Å². The van der Waals surface area contributed by atoms with Crippen molar-refractivity contribution in [1.82, 2.24) is 9.88 Å². The number of rotatable bonds is 4. The van der Waals surface area contributed by atoms with Gasteiger partial charge in [0.05, 0.1) is 5.69 Å². The van der Waals surface area contributed by atoms with Crippen molar-refractivity contribution in [2.24, 2.45) is 0 Å². The number of thiazole rings is 1. The number of hydrogen-bond acceptors (Lipinski definition) is 4. The highest BCUT2D eigenvalue weighted by atomic mass is 32.1. The molecular formula is C9H17N3S. The van der Waals surface area contributed by atoms with Gasteiger partial charge >= 0.3 is 0 Å². The summed E-state index contributed by atoms with van der Waals surface area (Å²) in [6.45, 7) is 6.14. The molecule has 0 radical (unpaired) electrons.